The van der Waals surface area contributed by atoms with E-state index in [1.165, 1.54) is 6.07 Å². The summed E-state index contributed by atoms with van der Waals surface area (Å²) in [6, 6.07) is 5.07. The third kappa shape index (κ3) is 3.53. The Morgan fingerprint density at radius 3 is 2.66 bits per heavy atom. The molecule has 1 N–H and O–H groups in total. The van der Waals surface area contributed by atoms with E-state index >= 15 is 0 Å². The minimum atomic E-state index is -0.388. The quantitative estimate of drug-likeness (QED) is 0.723. The third-order valence-corrected chi connectivity index (χ3v) is 5.56. The van der Waals surface area contributed by atoms with Gasteiger partial charge in [-0.1, -0.05) is 0 Å². The van der Waals surface area contributed by atoms with Crippen molar-refractivity contribution in [2.24, 2.45) is 0 Å². The lowest BCUT2D eigenvalue weighted by molar-refractivity contribution is -0.00546. The van der Waals surface area contributed by atoms with Crippen molar-refractivity contribution in [2.45, 2.75) is 51.4 Å². The first-order chi connectivity index (χ1) is 13.9. The molecule has 7 nitrogen and oxygen atoms in total. The van der Waals surface area contributed by atoms with Gasteiger partial charge in [-0.15, -0.1) is 0 Å². The summed E-state index contributed by atoms with van der Waals surface area (Å²) in [6.45, 7) is 7.65. The molecule has 3 aromatic rings. The molecular formula is C21H24FN5O2. The normalized spacial score (nSPS) is 23.4. The van der Waals surface area contributed by atoms with Crippen molar-refractivity contribution >= 4 is 16.7 Å². The molecule has 0 bridgehead atoms. The summed E-state index contributed by atoms with van der Waals surface area (Å²) >= 11 is 0. The standard InChI is InChI=1S/C21H24FN5O2/c1-12-9-27(10-13(2)28-12)19-8-17(23-11-24-19)20-14-6-18(29-21(3)4-5-21)15(22)7-16(14)25-26-20/h6-8,11-13H,4-5,9-10H2,1-3H3,(H,25,26). The predicted octanol–water partition coefficient (Wildman–Crippen LogP) is 3.70. The average molecular weight is 397 g/mol. The molecule has 1 saturated carbocycles. The van der Waals surface area contributed by atoms with Crippen LogP contribution in [0, 0.1) is 5.82 Å². The molecule has 152 valence electrons. The molecule has 1 aromatic carbocycles. The molecule has 0 spiro atoms. The van der Waals surface area contributed by atoms with Crippen LogP contribution in [0.5, 0.6) is 5.75 Å². The van der Waals surface area contributed by atoms with E-state index in [1.54, 1.807) is 12.4 Å². The van der Waals surface area contributed by atoms with Gasteiger partial charge in [0.2, 0.25) is 0 Å². The van der Waals surface area contributed by atoms with Gasteiger partial charge in [-0.05, 0) is 39.7 Å². The van der Waals surface area contributed by atoms with Gasteiger partial charge in [0.25, 0.3) is 0 Å². The second-order valence-electron chi connectivity index (χ2n) is 8.38. The number of H-pyrrole nitrogens is 1. The van der Waals surface area contributed by atoms with Gasteiger partial charge < -0.3 is 14.4 Å². The Morgan fingerprint density at radius 2 is 1.93 bits per heavy atom. The number of rotatable bonds is 4. The first-order valence-corrected chi connectivity index (χ1v) is 10.00. The fourth-order valence-corrected chi connectivity index (χ4v) is 3.85. The van der Waals surface area contributed by atoms with Crippen molar-refractivity contribution in [3.63, 3.8) is 0 Å². The minimum Gasteiger partial charge on any atom is -0.484 e. The summed E-state index contributed by atoms with van der Waals surface area (Å²) < 4.78 is 26.2. The minimum absolute atomic E-state index is 0.134. The largest absolute Gasteiger partial charge is 0.484 e. The van der Waals surface area contributed by atoms with Gasteiger partial charge in [-0.3, -0.25) is 5.10 Å². The van der Waals surface area contributed by atoms with Crippen LogP contribution in [0.15, 0.2) is 24.5 Å². The zero-order valence-electron chi connectivity index (χ0n) is 16.8. The smallest absolute Gasteiger partial charge is 0.167 e. The maximum Gasteiger partial charge on any atom is 0.167 e. The van der Waals surface area contributed by atoms with Crippen LogP contribution in [0.25, 0.3) is 22.3 Å². The summed E-state index contributed by atoms with van der Waals surface area (Å²) in [5.41, 5.74) is 1.69. The van der Waals surface area contributed by atoms with Crippen LogP contribution in [0.4, 0.5) is 10.2 Å². The third-order valence-electron chi connectivity index (χ3n) is 5.56. The molecule has 3 heterocycles. The number of hydrogen-bond donors (Lipinski definition) is 1. The summed E-state index contributed by atoms with van der Waals surface area (Å²) in [7, 11) is 0. The molecule has 1 aliphatic carbocycles. The Balaban J connectivity index is 1.51. The Kier molecular flexibility index (Phi) is 4.20. The summed E-state index contributed by atoms with van der Waals surface area (Å²) in [5, 5.41) is 8.08. The molecule has 2 aliphatic rings. The van der Waals surface area contributed by atoms with Crippen molar-refractivity contribution in [3.05, 3.63) is 30.3 Å². The number of morpholine rings is 1. The number of ether oxygens (including phenoxy) is 2. The van der Waals surface area contributed by atoms with Gasteiger partial charge in [0.1, 0.15) is 23.4 Å². The van der Waals surface area contributed by atoms with Crippen molar-refractivity contribution in [3.8, 4) is 17.1 Å². The molecule has 0 amide bonds. The molecule has 1 saturated heterocycles. The number of anilines is 1. The van der Waals surface area contributed by atoms with Crippen molar-refractivity contribution in [2.75, 3.05) is 18.0 Å². The lowest BCUT2D eigenvalue weighted by Gasteiger charge is -2.36. The molecule has 29 heavy (non-hydrogen) atoms. The fourth-order valence-electron chi connectivity index (χ4n) is 3.85. The second-order valence-corrected chi connectivity index (χ2v) is 8.38. The lowest BCUT2D eigenvalue weighted by Crippen LogP contribution is -2.45. The Bertz CT molecular complexity index is 1050. The number of aromatic nitrogens is 4. The number of fused-ring (bicyclic) bond motifs is 1. The monoisotopic (exact) mass is 397 g/mol. The molecule has 2 atom stereocenters. The van der Waals surface area contributed by atoms with Gasteiger partial charge in [0.15, 0.2) is 11.6 Å². The van der Waals surface area contributed by atoms with Gasteiger partial charge in [0.05, 0.1) is 23.4 Å². The highest BCUT2D eigenvalue weighted by Gasteiger charge is 2.40. The Morgan fingerprint density at radius 1 is 1.17 bits per heavy atom. The van der Waals surface area contributed by atoms with Gasteiger partial charge >= 0.3 is 0 Å². The fraction of sp³-hybridized carbons (Fsp3) is 0.476. The number of benzene rings is 1. The highest BCUT2D eigenvalue weighted by Crippen LogP contribution is 2.41. The maximum absolute atomic E-state index is 14.5. The highest BCUT2D eigenvalue weighted by molar-refractivity contribution is 5.93. The molecule has 5 rings (SSSR count). The van der Waals surface area contributed by atoms with Crippen LogP contribution < -0.4 is 9.64 Å². The van der Waals surface area contributed by atoms with Crippen LogP contribution in [-0.2, 0) is 4.74 Å². The van der Waals surface area contributed by atoms with Gasteiger partial charge in [-0.2, -0.15) is 5.10 Å². The number of halogens is 1. The van der Waals surface area contributed by atoms with Crippen LogP contribution in [0.1, 0.15) is 33.6 Å². The molecular weight excluding hydrogens is 373 g/mol. The topological polar surface area (TPSA) is 76.2 Å². The molecule has 8 heteroatoms. The molecule has 2 unspecified atom stereocenters. The summed E-state index contributed by atoms with van der Waals surface area (Å²) in [4.78, 5) is 11.1. The average Bonchev–Trinajstić information content (AvgIpc) is 3.27. The Labute approximate surface area is 168 Å². The highest BCUT2D eigenvalue weighted by atomic mass is 19.1. The second kappa shape index (κ2) is 6.66. The van der Waals surface area contributed by atoms with Crippen molar-refractivity contribution < 1.29 is 13.9 Å². The zero-order valence-corrected chi connectivity index (χ0v) is 16.8. The van der Waals surface area contributed by atoms with E-state index in [4.69, 9.17) is 9.47 Å². The SMILES string of the molecule is CC1CN(c2cc(-c3n[nH]c4cc(F)c(OC5(C)CC5)cc34)ncn2)CC(C)O1. The van der Waals surface area contributed by atoms with E-state index in [1.807, 2.05) is 13.0 Å². The van der Waals surface area contributed by atoms with Crippen LogP contribution in [0.3, 0.4) is 0 Å². The van der Waals surface area contributed by atoms with E-state index in [-0.39, 0.29) is 29.4 Å². The van der Waals surface area contributed by atoms with Crippen molar-refractivity contribution in [1.29, 1.82) is 0 Å². The van der Waals surface area contributed by atoms with E-state index < -0.39 is 0 Å². The van der Waals surface area contributed by atoms with Crippen LogP contribution >= 0.6 is 0 Å². The van der Waals surface area contributed by atoms with E-state index in [0.29, 0.717) is 16.9 Å². The maximum atomic E-state index is 14.5. The predicted molar refractivity (Wildman–Crippen MR) is 108 cm³/mol. The van der Waals surface area contributed by atoms with Crippen molar-refractivity contribution in [1.82, 2.24) is 20.2 Å². The molecule has 2 aromatic heterocycles. The summed E-state index contributed by atoms with van der Waals surface area (Å²) in [6.07, 6.45) is 3.69. The molecule has 2 fully saturated rings. The molecule has 1 aliphatic heterocycles. The molecule has 0 radical (unpaired) electrons. The zero-order chi connectivity index (χ0) is 20.2. The number of aromatic amines is 1. The lowest BCUT2D eigenvalue weighted by atomic mass is 10.1. The van der Waals surface area contributed by atoms with E-state index in [0.717, 1.165) is 37.1 Å². The van der Waals surface area contributed by atoms with E-state index in [9.17, 15) is 4.39 Å². The van der Waals surface area contributed by atoms with Crippen LogP contribution in [0.2, 0.25) is 0 Å². The first-order valence-electron chi connectivity index (χ1n) is 10.00. The number of nitrogens with one attached hydrogen (secondary N) is 1. The van der Waals surface area contributed by atoms with Crippen LogP contribution in [-0.4, -0.2) is 51.1 Å². The first kappa shape index (κ1) is 18.3. The van der Waals surface area contributed by atoms with Gasteiger partial charge in [0, 0.05) is 30.6 Å². The van der Waals surface area contributed by atoms with Gasteiger partial charge in [-0.25, -0.2) is 14.4 Å². The Hall–Kier alpha value is -2.74. The number of nitrogens with zero attached hydrogens (tertiary/aromatic N) is 4. The summed E-state index contributed by atoms with van der Waals surface area (Å²) in [5.74, 6) is 0.697. The van der Waals surface area contributed by atoms with E-state index in [2.05, 4.69) is 38.9 Å². The number of hydrogen-bond acceptors (Lipinski definition) is 6.